The predicted molar refractivity (Wildman–Crippen MR) is 67.0 cm³/mol. The Morgan fingerprint density at radius 2 is 2.25 bits per heavy atom. The quantitative estimate of drug-likeness (QED) is 0.811. The molecule has 2 aliphatic rings. The molecule has 0 saturated heterocycles. The summed E-state index contributed by atoms with van der Waals surface area (Å²) in [5, 5.41) is 6.02. The second-order valence-corrected chi connectivity index (χ2v) is 5.95. The van der Waals surface area contributed by atoms with Gasteiger partial charge in [0.1, 0.15) is 0 Å². The summed E-state index contributed by atoms with van der Waals surface area (Å²) in [6.07, 6.45) is 6.54. The second-order valence-electron chi connectivity index (χ2n) is 4.95. The molecule has 0 atom stereocenters. The first-order valence-electron chi connectivity index (χ1n) is 6.19. The van der Waals surface area contributed by atoms with E-state index in [0.29, 0.717) is 6.10 Å². The maximum absolute atomic E-state index is 5.47. The smallest absolute Gasteiger partial charge is 0.0573 e. The molecule has 0 amide bonds. The van der Waals surface area contributed by atoms with Crippen LogP contribution in [-0.2, 0) is 16.7 Å². The Morgan fingerprint density at radius 1 is 1.44 bits per heavy atom. The van der Waals surface area contributed by atoms with Crippen molar-refractivity contribution in [3.05, 3.63) is 21.9 Å². The Kier molecular flexibility index (Phi) is 2.78. The highest BCUT2D eigenvalue weighted by Gasteiger charge is 2.40. The van der Waals surface area contributed by atoms with Crippen molar-refractivity contribution in [2.75, 3.05) is 13.7 Å². The lowest BCUT2D eigenvalue weighted by Crippen LogP contribution is -2.49. The number of rotatable bonds is 1. The van der Waals surface area contributed by atoms with Crippen LogP contribution in [0.25, 0.3) is 0 Å². The van der Waals surface area contributed by atoms with E-state index >= 15 is 0 Å². The number of hydrogen-bond acceptors (Lipinski definition) is 3. The summed E-state index contributed by atoms with van der Waals surface area (Å²) in [6.45, 7) is 1.14. The fraction of sp³-hybridized carbons (Fsp3) is 0.692. The molecule has 0 bridgehead atoms. The first-order chi connectivity index (χ1) is 7.84. The van der Waals surface area contributed by atoms with Crippen LogP contribution >= 0.6 is 11.3 Å². The largest absolute Gasteiger partial charge is 0.381 e. The molecule has 1 fully saturated rings. The third kappa shape index (κ3) is 1.62. The summed E-state index contributed by atoms with van der Waals surface area (Å²) in [4.78, 5) is 1.61. The van der Waals surface area contributed by atoms with E-state index in [2.05, 4.69) is 16.8 Å². The van der Waals surface area contributed by atoms with Gasteiger partial charge in [-0.3, -0.25) is 0 Å². The van der Waals surface area contributed by atoms with Gasteiger partial charge in [-0.2, -0.15) is 0 Å². The van der Waals surface area contributed by atoms with Gasteiger partial charge in [-0.15, -0.1) is 11.3 Å². The number of nitrogens with one attached hydrogen (secondary N) is 1. The van der Waals surface area contributed by atoms with E-state index in [1.165, 1.54) is 32.1 Å². The number of ether oxygens (including phenoxy) is 1. The van der Waals surface area contributed by atoms with Crippen LogP contribution in [0.2, 0.25) is 0 Å². The van der Waals surface area contributed by atoms with Crippen LogP contribution in [0.3, 0.4) is 0 Å². The Balaban J connectivity index is 1.86. The zero-order valence-electron chi connectivity index (χ0n) is 9.79. The molecule has 3 heteroatoms. The molecule has 2 heterocycles. The number of fused-ring (bicyclic) bond motifs is 2. The molecular weight excluding hydrogens is 218 g/mol. The van der Waals surface area contributed by atoms with Crippen molar-refractivity contribution in [3.8, 4) is 0 Å². The first-order valence-corrected chi connectivity index (χ1v) is 7.07. The summed E-state index contributed by atoms with van der Waals surface area (Å²) in [6, 6.07) is 2.33. The summed E-state index contributed by atoms with van der Waals surface area (Å²) < 4.78 is 5.47. The summed E-state index contributed by atoms with van der Waals surface area (Å²) >= 11 is 1.93. The zero-order chi connectivity index (χ0) is 11.0. The van der Waals surface area contributed by atoms with Crippen molar-refractivity contribution in [3.63, 3.8) is 0 Å². The van der Waals surface area contributed by atoms with Gasteiger partial charge in [0.05, 0.1) is 6.10 Å². The molecule has 16 heavy (non-hydrogen) atoms. The average Bonchev–Trinajstić information content (AvgIpc) is 2.80. The van der Waals surface area contributed by atoms with Gasteiger partial charge in [0.15, 0.2) is 0 Å². The van der Waals surface area contributed by atoms with Crippen LogP contribution in [-0.4, -0.2) is 19.8 Å². The molecule has 3 rings (SSSR count). The standard InChI is InChI=1S/C13H19NOS/c1-15-10-2-6-13(7-3-10)11-5-9-16-12(11)4-8-14-13/h5,9-10,14H,2-4,6-8H2,1H3. The van der Waals surface area contributed by atoms with Crippen LogP contribution < -0.4 is 5.32 Å². The molecule has 1 aromatic heterocycles. The monoisotopic (exact) mass is 237 g/mol. The average molecular weight is 237 g/mol. The minimum absolute atomic E-state index is 0.280. The first kappa shape index (κ1) is 10.8. The molecule has 1 aliphatic carbocycles. The maximum Gasteiger partial charge on any atom is 0.0573 e. The van der Waals surface area contributed by atoms with E-state index in [4.69, 9.17) is 4.74 Å². The van der Waals surface area contributed by atoms with Crippen molar-refractivity contribution in [2.45, 2.75) is 43.7 Å². The molecule has 1 aliphatic heterocycles. The third-order valence-corrected chi connectivity index (χ3v) is 5.18. The lowest BCUT2D eigenvalue weighted by atomic mass is 9.74. The Labute approximate surface area is 101 Å². The molecule has 1 N–H and O–H groups in total. The molecule has 1 aromatic rings. The summed E-state index contributed by atoms with van der Waals surface area (Å²) in [5.74, 6) is 0. The SMILES string of the molecule is COC1CCC2(CC1)NCCc1sccc12. The van der Waals surface area contributed by atoms with Gasteiger partial charge in [-0.25, -0.2) is 0 Å². The van der Waals surface area contributed by atoms with Crippen LogP contribution in [0.1, 0.15) is 36.1 Å². The van der Waals surface area contributed by atoms with E-state index in [9.17, 15) is 0 Å². The van der Waals surface area contributed by atoms with Gasteiger partial charge in [-0.05, 0) is 49.1 Å². The van der Waals surface area contributed by atoms with Gasteiger partial charge >= 0.3 is 0 Å². The van der Waals surface area contributed by atoms with Crippen molar-refractivity contribution in [1.82, 2.24) is 5.32 Å². The fourth-order valence-electron chi connectivity index (χ4n) is 3.24. The van der Waals surface area contributed by atoms with Crippen LogP contribution in [0.4, 0.5) is 0 Å². The topological polar surface area (TPSA) is 21.3 Å². The van der Waals surface area contributed by atoms with E-state index in [1.807, 2.05) is 18.4 Å². The zero-order valence-corrected chi connectivity index (χ0v) is 10.6. The van der Waals surface area contributed by atoms with E-state index in [1.54, 1.807) is 10.4 Å². The normalized spacial score (nSPS) is 33.9. The highest BCUT2D eigenvalue weighted by Crippen LogP contribution is 2.42. The summed E-state index contributed by atoms with van der Waals surface area (Å²) in [5.41, 5.74) is 1.86. The van der Waals surface area contributed by atoms with Crippen molar-refractivity contribution in [1.29, 1.82) is 0 Å². The molecule has 1 saturated carbocycles. The van der Waals surface area contributed by atoms with Crippen LogP contribution in [0.15, 0.2) is 11.4 Å². The number of methoxy groups -OCH3 is 1. The minimum Gasteiger partial charge on any atom is -0.381 e. The summed E-state index contributed by atoms with van der Waals surface area (Å²) in [7, 11) is 1.84. The molecular formula is C13H19NOS. The predicted octanol–water partition coefficient (Wildman–Crippen LogP) is 2.68. The molecule has 0 aromatic carbocycles. The van der Waals surface area contributed by atoms with Gasteiger partial charge in [-0.1, -0.05) is 0 Å². The van der Waals surface area contributed by atoms with Crippen LogP contribution in [0.5, 0.6) is 0 Å². The molecule has 88 valence electrons. The van der Waals surface area contributed by atoms with Gasteiger partial charge in [0.25, 0.3) is 0 Å². The van der Waals surface area contributed by atoms with Crippen molar-refractivity contribution < 1.29 is 4.74 Å². The van der Waals surface area contributed by atoms with E-state index in [-0.39, 0.29) is 5.54 Å². The second kappa shape index (κ2) is 4.13. The maximum atomic E-state index is 5.47. The fourth-order valence-corrected chi connectivity index (χ4v) is 4.22. The molecule has 2 nitrogen and oxygen atoms in total. The highest BCUT2D eigenvalue weighted by molar-refractivity contribution is 7.10. The lowest BCUT2D eigenvalue weighted by Gasteiger charge is -2.43. The third-order valence-electron chi connectivity index (χ3n) is 4.20. The minimum atomic E-state index is 0.280. The van der Waals surface area contributed by atoms with E-state index < -0.39 is 0 Å². The van der Waals surface area contributed by atoms with Gasteiger partial charge < -0.3 is 10.1 Å². The Hall–Kier alpha value is -0.380. The van der Waals surface area contributed by atoms with Crippen molar-refractivity contribution >= 4 is 11.3 Å². The van der Waals surface area contributed by atoms with Crippen molar-refractivity contribution in [2.24, 2.45) is 0 Å². The van der Waals surface area contributed by atoms with Gasteiger partial charge in [0.2, 0.25) is 0 Å². The molecule has 1 spiro atoms. The number of thiophene rings is 1. The molecule has 0 unspecified atom stereocenters. The van der Waals surface area contributed by atoms with Gasteiger partial charge in [0, 0.05) is 24.1 Å². The molecule has 0 radical (unpaired) electrons. The van der Waals surface area contributed by atoms with Crippen LogP contribution in [0, 0.1) is 0 Å². The Morgan fingerprint density at radius 3 is 3.00 bits per heavy atom. The highest BCUT2D eigenvalue weighted by atomic mass is 32.1. The lowest BCUT2D eigenvalue weighted by molar-refractivity contribution is 0.0390. The Bertz CT molecular complexity index is 366. The van der Waals surface area contributed by atoms with E-state index in [0.717, 1.165) is 6.54 Å². The number of hydrogen-bond donors (Lipinski definition) is 1.